The number of aliphatic hydroxyl groups is 3. The number of likely N-dealkylation sites (N-methyl/N-ethyl adjacent to an activating group) is 1. The smallest absolute Gasteiger partial charge is 0.230 e. The summed E-state index contributed by atoms with van der Waals surface area (Å²) in [4.78, 5) is 43.2. The first-order valence-electron chi connectivity index (χ1n) is 13.8. The van der Waals surface area contributed by atoms with Crippen LogP contribution in [0.4, 0.5) is 11.4 Å². The normalized spacial score (nSPS) is 28.3. The van der Waals surface area contributed by atoms with Gasteiger partial charge in [-0.15, -0.1) is 0 Å². The molecule has 9 N–H and O–H groups in total. The maximum atomic E-state index is 14.1. The van der Waals surface area contributed by atoms with E-state index in [0.29, 0.717) is 16.8 Å². The van der Waals surface area contributed by atoms with Crippen LogP contribution in [-0.2, 0) is 22.6 Å². The maximum absolute atomic E-state index is 14.1. The molecule has 1 fully saturated rings. The van der Waals surface area contributed by atoms with Gasteiger partial charge in [-0.2, -0.15) is 0 Å². The van der Waals surface area contributed by atoms with Crippen LogP contribution in [0.1, 0.15) is 27.9 Å². The minimum Gasteiger partial charge on any atom is -0.508 e. The topological polar surface area (TPSA) is 217 Å². The van der Waals surface area contributed by atoms with E-state index in [1.165, 1.54) is 12.1 Å². The first kappa shape index (κ1) is 30.1. The van der Waals surface area contributed by atoms with Gasteiger partial charge in [0.1, 0.15) is 17.4 Å². The molecule has 13 nitrogen and oxygen atoms in total. The molecule has 6 atom stereocenters. The van der Waals surface area contributed by atoms with Gasteiger partial charge in [-0.05, 0) is 62.2 Å². The van der Waals surface area contributed by atoms with Crippen molar-refractivity contribution < 1.29 is 45.0 Å². The lowest BCUT2D eigenvalue weighted by atomic mass is 9.56. The third-order valence-electron chi connectivity index (χ3n) is 9.07. The van der Waals surface area contributed by atoms with E-state index in [1.807, 2.05) is 0 Å². The highest BCUT2D eigenvalue weighted by molar-refractivity contribution is 6.17. The second-order valence-electron chi connectivity index (χ2n) is 12.0. The van der Waals surface area contributed by atoms with Crippen molar-refractivity contribution in [2.45, 2.75) is 37.1 Å². The zero-order valence-electron chi connectivity index (χ0n) is 24.2. The van der Waals surface area contributed by atoms with Gasteiger partial charge in [0.2, 0.25) is 5.91 Å². The lowest BCUT2D eigenvalue weighted by molar-refractivity contribution is -0.178. The van der Waals surface area contributed by atoms with E-state index >= 15 is 0 Å². The number of carbonyl (C=O) groups excluding carboxylic acids is 3. The molecule has 43 heavy (non-hydrogen) atoms. The number of rotatable bonds is 6. The van der Waals surface area contributed by atoms with Crippen molar-refractivity contribution in [2.24, 2.45) is 23.5 Å². The molecule has 230 valence electrons. The van der Waals surface area contributed by atoms with Crippen molar-refractivity contribution in [3.8, 4) is 17.2 Å². The van der Waals surface area contributed by atoms with Crippen LogP contribution in [0.5, 0.6) is 17.2 Å². The molecule has 2 unspecified atom stereocenters. The molecule has 1 saturated carbocycles. The van der Waals surface area contributed by atoms with Gasteiger partial charge < -0.3 is 51.5 Å². The van der Waals surface area contributed by atoms with E-state index in [2.05, 4.69) is 5.32 Å². The van der Waals surface area contributed by atoms with Gasteiger partial charge in [0, 0.05) is 43.9 Å². The van der Waals surface area contributed by atoms with Crippen LogP contribution < -0.4 is 16.0 Å². The summed E-state index contributed by atoms with van der Waals surface area (Å²) in [7, 11) is 6.75. The zero-order valence-corrected chi connectivity index (χ0v) is 24.2. The lowest BCUT2D eigenvalue weighted by Gasteiger charge is -2.53. The number of primary amides is 1. The fourth-order valence-electron chi connectivity index (χ4n) is 7.06. The van der Waals surface area contributed by atoms with Crippen molar-refractivity contribution in [3.05, 3.63) is 52.3 Å². The van der Waals surface area contributed by atoms with Crippen LogP contribution >= 0.6 is 0 Å². The number of carbonyl (C=O) groups is 3. The number of Topliss-reactive ketones (excluding diaryl/α,β-unsaturated/α-hetero) is 2. The third kappa shape index (κ3) is 4.46. The van der Waals surface area contributed by atoms with E-state index in [4.69, 9.17) is 5.73 Å². The zero-order chi connectivity index (χ0) is 31.7. The summed E-state index contributed by atoms with van der Waals surface area (Å²) in [5, 5.41) is 68.2. The summed E-state index contributed by atoms with van der Waals surface area (Å²) in [6.07, 6.45) is -1.35. The number of phenols is 3. The Morgan fingerprint density at radius 3 is 2.33 bits per heavy atom. The number of phenolic OH excluding ortho intramolecular Hbond substituents is 3. The van der Waals surface area contributed by atoms with Crippen LogP contribution in [0.3, 0.4) is 0 Å². The minimum absolute atomic E-state index is 0.0240. The lowest BCUT2D eigenvalue weighted by Crippen LogP contribution is -2.71. The van der Waals surface area contributed by atoms with E-state index in [0.717, 1.165) is 0 Å². The summed E-state index contributed by atoms with van der Waals surface area (Å²) in [6.45, 7) is 0.108. The molecular formula is C30H36N4O9. The van der Waals surface area contributed by atoms with Gasteiger partial charge in [0.15, 0.2) is 28.7 Å². The number of nitrogens with two attached hydrogens (primary N) is 1. The number of hydrogen-bond acceptors (Lipinski definition) is 12. The highest BCUT2D eigenvalue weighted by atomic mass is 16.4. The molecule has 0 aliphatic heterocycles. The maximum Gasteiger partial charge on any atom is 0.230 e. The van der Waals surface area contributed by atoms with Gasteiger partial charge >= 0.3 is 0 Å². The Kier molecular flexibility index (Phi) is 7.31. The number of benzene rings is 2. The van der Waals surface area contributed by atoms with Crippen molar-refractivity contribution in [1.29, 1.82) is 0 Å². The number of nitrogens with one attached hydrogen (secondary N) is 1. The Balaban J connectivity index is 1.63. The number of ketones is 2. The predicted octanol–water partition coefficient (Wildman–Crippen LogP) is 0.375. The number of allylic oxidation sites excluding steroid dienone is 1. The first-order valence-corrected chi connectivity index (χ1v) is 13.8. The average Bonchev–Trinajstić information content (AvgIpc) is 2.91. The third-order valence-corrected chi connectivity index (χ3v) is 9.07. The summed E-state index contributed by atoms with van der Waals surface area (Å²) >= 11 is 0. The first-order chi connectivity index (χ1) is 20.1. The molecule has 2 aromatic carbocycles. The number of aromatic hydroxyl groups is 3. The summed E-state index contributed by atoms with van der Waals surface area (Å²) in [5.74, 6) is -8.59. The van der Waals surface area contributed by atoms with Crippen molar-refractivity contribution in [1.82, 2.24) is 4.90 Å². The molecule has 1 amide bonds. The van der Waals surface area contributed by atoms with Gasteiger partial charge in [0.05, 0.1) is 17.4 Å². The van der Waals surface area contributed by atoms with Crippen LogP contribution in [0, 0.1) is 17.8 Å². The molecular weight excluding hydrogens is 560 g/mol. The Morgan fingerprint density at radius 2 is 1.74 bits per heavy atom. The average molecular weight is 597 g/mol. The van der Waals surface area contributed by atoms with Gasteiger partial charge in [-0.25, -0.2) is 0 Å². The minimum atomic E-state index is -2.66. The van der Waals surface area contributed by atoms with E-state index in [-0.39, 0.29) is 47.7 Å². The quantitative estimate of drug-likeness (QED) is 0.168. The fourth-order valence-corrected chi connectivity index (χ4v) is 7.06. The molecule has 0 saturated heterocycles. The van der Waals surface area contributed by atoms with E-state index in [1.54, 1.807) is 50.1 Å². The molecule has 3 aliphatic carbocycles. The number of anilines is 2. The summed E-state index contributed by atoms with van der Waals surface area (Å²) < 4.78 is 0. The Hall–Kier alpha value is -4.33. The van der Waals surface area contributed by atoms with Crippen LogP contribution in [-0.4, -0.2) is 99.0 Å². The van der Waals surface area contributed by atoms with E-state index < -0.39 is 64.5 Å². The molecule has 0 heterocycles. The predicted molar refractivity (Wildman–Crippen MR) is 155 cm³/mol. The molecule has 0 bridgehead atoms. The molecule has 3 aliphatic rings. The standard InChI is InChI=1S/C30H36N4O9/c1-33(2)17-10-16(32-11-12-5-6-18(35)19(36)7-12)24(37)21-14(17)8-13-9-15-23(34(3)4)26(39)22(29(31)42)28(41)30(15,43)27(40)20(13)25(21)38/h5-7,10,13,15,22-23,26,32,35-37,39-40,43H,8-9,11H2,1-4H3,(H2,31,42)/t13-,15-,22?,23-,26?,30-/m0/s1. The number of nitrogens with zero attached hydrogens (tertiary/aromatic N) is 2. The second-order valence-corrected chi connectivity index (χ2v) is 12.0. The van der Waals surface area contributed by atoms with Crippen molar-refractivity contribution in [3.63, 3.8) is 0 Å². The van der Waals surface area contributed by atoms with Crippen molar-refractivity contribution >= 4 is 28.8 Å². The molecule has 0 radical (unpaired) electrons. The highest BCUT2D eigenvalue weighted by Crippen LogP contribution is 2.54. The fraction of sp³-hybridized carbons (Fsp3) is 0.433. The van der Waals surface area contributed by atoms with Gasteiger partial charge in [-0.1, -0.05) is 6.07 Å². The molecule has 0 aromatic heterocycles. The van der Waals surface area contributed by atoms with E-state index in [9.17, 15) is 45.0 Å². The second kappa shape index (κ2) is 10.4. The molecule has 2 aromatic rings. The summed E-state index contributed by atoms with van der Waals surface area (Å²) in [5.41, 5.74) is 4.29. The number of fused-ring (bicyclic) bond motifs is 3. The Bertz CT molecular complexity index is 1570. The van der Waals surface area contributed by atoms with Gasteiger partial charge in [-0.3, -0.25) is 14.4 Å². The van der Waals surface area contributed by atoms with Crippen LogP contribution in [0.2, 0.25) is 0 Å². The largest absolute Gasteiger partial charge is 0.508 e. The number of amides is 1. The SMILES string of the molecule is CN(C)c1cc(NCc2ccc(O)c(O)c2)c(O)c2c1C[C@H]1C[C@H]3[C@H](N(C)C)C(O)C(C(N)=O)C(=O)[C@@]3(O)C(O)=C1C2=O. The molecule has 0 spiro atoms. The molecule has 5 rings (SSSR count). The highest BCUT2D eigenvalue weighted by Gasteiger charge is 2.66. The Morgan fingerprint density at radius 1 is 1.07 bits per heavy atom. The van der Waals surface area contributed by atoms with Crippen molar-refractivity contribution in [2.75, 3.05) is 38.4 Å². The molecule has 13 heteroatoms. The summed E-state index contributed by atoms with van der Waals surface area (Å²) in [6, 6.07) is 4.96. The van der Waals surface area contributed by atoms with Gasteiger partial charge in [0.25, 0.3) is 0 Å². The van der Waals surface area contributed by atoms with Crippen LogP contribution in [0.25, 0.3) is 0 Å². The number of hydrogen-bond donors (Lipinski definition) is 8. The number of aliphatic hydroxyl groups excluding tert-OH is 2. The monoisotopic (exact) mass is 596 g/mol. The van der Waals surface area contributed by atoms with Crippen LogP contribution in [0.15, 0.2) is 35.6 Å². The Labute approximate surface area is 247 Å².